The molecule has 1 aromatic rings. The van der Waals surface area contributed by atoms with E-state index in [1.54, 1.807) is 6.20 Å². The molecule has 23 heavy (non-hydrogen) atoms. The number of piperidine rings is 1. The van der Waals surface area contributed by atoms with Gasteiger partial charge in [-0.15, -0.1) is 0 Å². The van der Waals surface area contributed by atoms with Gasteiger partial charge in [-0.2, -0.15) is 11.8 Å². The highest BCUT2D eigenvalue weighted by Crippen LogP contribution is 2.24. The second-order valence-corrected chi connectivity index (χ2v) is 9.21. The molecule has 1 fully saturated rings. The third-order valence-electron chi connectivity index (χ3n) is 4.06. The Bertz CT molecular complexity index is 502. The van der Waals surface area contributed by atoms with Crippen LogP contribution in [0.1, 0.15) is 39.2 Å². The predicted octanol–water partition coefficient (Wildman–Crippen LogP) is 3.57. The normalized spacial score (nSPS) is 17.2. The molecule has 0 aliphatic carbocycles. The standard InChI is InChI=1S/C18H29N3OS/c1-14-5-6-16(19-13-14)20-17(22)15-7-9-21(10-8-15)11-12-23-18(2,3)4/h5-6,13,15H,7-12H2,1-4H3,(H,19,20,22). The number of likely N-dealkylation sites (tertiary alicyclic amines) is 1. The van der Waals surface area contributed by atoms with Gasteiger partial charge in [-0.3, -0.25) is 4.79 Å². The Kier molecular flexibility index (Phi) is 6.48. The molecule has 1 aliphatic heterocycles. The van der Waals surface area contributed by atoms with Gasteiger partial charge in [0.05, 0.1) is 0 Å². The Morgan fingerprint density at radius 2 is 2.04 bits per heavy atom. The summed E-state index contributed by atoms with van der Waals surface area (Å²) < 4.78 is 0.333. The summed E-state index contributed by atoms with van der Waals surface area (Å²) in [7, 11) is 0. The van der Waals surface area contributed by atoms with Crippen molar-refractivity contribution in [3.63, 3.8) is 0 Å². The van der Waals surface area contributed by atoms with Gasteiger partial charge < -0.3 is 10.2 Å². The summed E-state index contributed by atoms with van der Waals surface area (Å²) in [6.07, 6.45) is 3.67. The van der Waals surface area contributed by atoms with Gasteiger partial charge in [-0.25, -0.2) is 4.98 Å². The van der Waals surface area contributed by atoms with Crippen molar-refractivity contribution in [2.75, 3.05) is 30.7 Å². The van der Waals surface area contributed by atoms with E-state index >= 15 is 0 Å². The van der Waals surface area contributed by atoms with E-state index in [1.165, 1.54) is 0 Å². The Hall–Kier alpha value is -1.07. The van der Waals surface area contributed by atoms with Crippen LogP contribution in [0.5, 0.6) is 0 Å². The lowest BCUT2D eigenvalue weighted by molar-refractivity contribution is -0.121. The molecule has 1 saturated heterocycles. The molecule has 0 bridgehead atoms. The minimum Gasteiger partial charge on any atom is -0.310 e. The molecule has 5 heteroatoms. The van der Waals surface area contributed by atoms with E-state index < -0.39 is 0 Å². The zero-order valence-electron chi connectivity index (χ0n) is 14.8. The molecule has 0 saturated carbocycles. The van der Waals surface area contributed by atoms with Crippen LogP contribution in [0.15, 0.2) is 18.3 Å². The lowest BCUT2D eigenvalue weighted by Crippen LogP contribution is -2.39. The highest BCUT2D eigenvalue weighted by Gasteiger charge is 2.25. The molecule has 4 nitrogen and oxygen atoms in total. The molecular formula is C18H29N3OS. The fourth-order valence-electron chi connectivity index (χ4n) is 2.67. The van der Waals surface area contributed by atoms with E-state index in [-0.39, 0.29) is 11.8 Å². The number of hydrogen-bond donors (Lipinski definition) is 1. The predicted molar refractivity (Wildman–Crippen MR) is 99.0 cm³/mol. The van der Waals surface area contributed by atoms with Crippen LogP contribution in [0.25, 0.3) is 0 Å². The maximum absolute atomic E-state index is 12.3. The molecule has 0 radical (unpaired) electrons. The van der Waals surface area contributed by atoms with Crippen molar-refractivity contribution >= 4 is 23.5 Å². The average Bonchev–Trinajstić information content (AvgIpc) is 2.49. The Morgan fingerprint density at radius 3 is 2.61 bits per heavy atom. The highest BCUT2D eigenvalue weighted by molar-refractivity contribution is 8.00. The molecule has 2 rings (SSSR count). The number of amides is 1. The molecule has 1 amide bonds. The summed E-state index contributed by atoms with van der Waals surface area (Å²) in [5, 5.41) is 2.94. The van der Waals surface area contributed by atoms with Crippen molar-refractivity contribution < 1.29 is 4.79 Å². The number of aryl methyl sites for hydroxylation is 1. The summed E-state index contributed by atoms with van der Waals surface area (Å²) in [4.78, 5) is 19.1. The quantitative estimate of drug-likeness (QED) is 0.893. The van der Waals surface area contributed by atoms with Crippen molar-refractivity contribution in [1.82, 2.24) is 9.88 Å². The van der Waals surface area contributed by atoms with Crippen molar-refractivity contribution in [3.05, 3.63) is 23.9 Å². The molecule has 1 aromatic heterocycles. The van der Waals surface area contributed by atoms with Gasteiger partial charge in [-0.05, 0) is 44.5 Å². The molecule has 1 N–H and O–H groups in total. The minimum atomic E-state index is 0.115. The average molecular weight is 336 g/mol. The zero-order chi connectivity index (χ0) is 16.9. The molecule has 0 spiro atoms. The fraction of sp³-hybridized carbons (Fsp3) is 0.667. The van der Waals surface area contributed by atoms with Crippen molar-refractivity contribution in [2.45, 2.75) is 45.3 Å². The van der Waals surface area contributed by atoms with Crippen LogP contribution in [-0.2, 0) is 4.79 Å². The fourth-order valence-corrected chi connectivity index (χ4v) is 3.63. The van der Waals surface area contributed by atoms with Crippen molar-refractivity contribution in [2.24, 2.45) is 5.92 Å². The lowest BCUT2D eigenvalue weighted by Gasteiger charge is -2.31. The second kappa shape index (κ2) is 8.15. The van der Waals surface area contributed by atoms with Crippen LogP contribution in [0, 0.1) is 12.8 Å². The van der Waals surface area contributed by atoms with E-state index in [0.29, 0.717) is 10.6 Å². The van der Waals surface area contributed by atoms with Crippen LogP contribution < -0.4 is 5.32 Å². The Balaban J connectivity index is 1.71. The van der Waals surface area contributed by atoms with E-state index in [4.69, 9.17) is 0 Å². The second-order valence-electron chi connectivity index (χ2n) is 7.29. The first-order valence-electron chi connectivity index (χ1n) is 8.43. The monoisotopic (exact) mass is 335 g/mol. The number of nitrogens with zero attached hydrogens (tertiary/aromatic N) is 2. The lowest BCUT2D eigenvalue weighted by atomic mass is 9.96. The SMILES string of the molecule is Cc1ccc(NC(=O)C2CCN(CCSC(C)(C)C)CC2)nc1. The number of carbonyl (C=O) groups is 1. The van der Waals surface area contributed by atoms with Gasteiger partial charge >= 0.3 is 0 Å². The molecular weight excluding hydrogens is 306 g/mol. The van der Waals surface area contributed by atoms with E-state index in [2.05, 4.69) is 36.0 Å². The van der Waals surface area contributed by atoms with Crippen LogP contribution in [-0.4, -0.2) is 45.9 Å². The Morgan fingerprint density at radius 1 is 1.35 bits per heavy atom. The maximum Gasteiger partial charge on any atom is 0.228 e. The minimum absolute atomic E-state index is 0.115. The van der Waals surface area contributed by atoms with Crippen molar-refractivity contribution in [1.29, 1.82) is 0 Å². The molecule has 0 atom stereocenters. The molecule has 128 valence electrons. The van der Waals surface area contributed by atoms with Gasteiger partial charge in [0, 0.05) is 29.2 Å². The third-order valence-corrected chi connectivity index (χ3v) is 5.32. The van der Waals surface area contributed by atoms with Gasteiger partial charge in [0.15, 0.2) is 0 Å². The van der Waals surface area contributed by atoms with Crippen LogP contribution in [0.3, 0.4) is 0 Å². The van der Waals surface area contributed by atoms with Crippen LogP contribution in [0.4, 0.5) is 5.82 Å². The smallest absolute Gasteiger partial charge is 0.228 e. The number of aromatic nitrogens is 1. The topological polar surface area (TPSA) is 45.2 Å². The maximum atomic E-state index is 12.3. The molecule has 1 aliphatic rings. The first-order valence-corrected chi connectivity index (χ1v) is 9.42. The number of anilines is 1. The highest BCUT2D eigenvalue weighted by atomic mass is 32.2. The van der Waals surface area contributed by atoms with Gasteiger partial charge in [0.2, 0.25) is 5.91 Å². The summed E-state index contributed by atoms with van der Waals surface area (Å²) in [6.45, 7) is 11.9. The van der Waals surface area contributed by atoms with E-state index in [0.717, 1.165) is 43.8 Å². The molecule has 0 unspecified atom stereocenters. The van der Waals surface area contributed by atoms with Crippen LogP contribution >= 0.6 is 11.8 Å². The summed E-state index contributed by atoms with van der Waals surface area (Å²) in [5.41, 5.74) is 1.10. The van der Waals surface area contributed by atoms with Gasteiger partial charge in [0.25, 0.3) is 0 Å². The first kappa shape index (κ1) is 18.3. The first-order chi connectivity index (χ1) is 10.8. The van der Waals surface area contributed by atoms with Gasteiger partial charge in [-0.1, -0.05) is 26.8 Å². The Labute approximate surface area is 144 Å². The largest absolute Gasteiger partial charge is 0.310 e. The number of pyridine rings is 1. The number of nitrogens with one attached hydrogen (secondary N) is 1. The van der Waals surface area contributed by atoms with E-state index in [1.807, 2.05) is 30.8 Å². The third kappa shape index (κ3) is 6.51. The molecule has 2 heterocycles. The molecule has 0 aromatic carbocycles. The summed E-state index contributed by atoms with van der Waals surface area (Å²) in [6, 6.07) is 3.84. The number of hydrogen-bond acceptors (Lipinski definition) is 4. The summed E-state index contributed by atoms with van der Waals surface area (Å²) >= 11 is 2.01. The van der Waals surface area contributed by atoms with Crippen molar-refractivity contribution in [3.8, 4) is 0 Å². The zero-order valence-corrected chi connectivity index (χ0v) is 15.6. The number of rotatable bonds is 5. The van der Waals surface area contributed by atoms with Gasteiger partial charge in [0.1, 0.15) is 5.82 Å². The van der Waals surface area contributed by atoms with Crippen LogP contribution in [0.2, 0.25) is 0 Å². The summed E-state index contributed by atoms with van der Waals surface area (Å²) in [5.74, 6) is 2.05. The van der Waals surface area contributed by atoms with E-state index in [9.17, 15) is 4.79 Å². The number of carbonyl (C=O) groups excluding carboxylic acids is 1. The number of thioether (sulfide) groups is 1.